The van der Waals surface area contributed by atoms with Crippen LogP contribution in [0.1, 0.15) is 40.2 Å². The molecule has 1 aliphatic rings. The summed E-state index contributed by atoms with van der Waals surface area (Å²) in [5, 5.41) is 16.2. The molecule has 0 radical (unpaired) electrons. The second kappa shape index (κ2) is 11.9. The van der Waals surface area contributed by atoms with Crippen molar-refractivity contribution in [1.29, 1.82) is 0 Å². The molecule has 6 rings (SSSR count). The van der Waals surface area contributed by atoms with Crippen LogP contribution >= 0.6 is 11.3 Å². The van der Waals surface area contributed by atoms with E-state index in [4.69, 9.17) is 5.10 Å². The molecule has 12 heteroatoms. The van der Waals surface area contributed by atoms with Crippen LogP contribution in [0, 0.1) is 23.4 Å². The smallest absolute Gasteiger partial charge is 0.355 e. The van der Waals surface area contributed by atoms with E-state index in [-0.39, 0.29) is 22.6 Å². The van der Waals surface area contributed by atoms with Crippen LogP contribution in [-0.4, -0.2) is 37.1 Å². The Hall–Kier alpha value is -4.13. The first kappa shape index (κ1) is 29.0. The number of rotatable bonds is 10. The summed E-state index contributed by atoms with van der Waals surface area (Å²) in [7, 11) is -0.225. The van der Waals surface area contributed by atoms with E-state index in [1.807, 2.05) is 0 Å². The topological polar surface area (TPSA) is 97.1 Å². The Bertz CT molecular complexity index is 1880. The number of hydrogen-bond donors (Lipinski definition) is 2. The molecule has 1 aliphatic carbocycles. The zero-order chi connectivity index (χ0) is 30.2. The number of carbonyl (C=O) groups is 1. The lowest BCUT2D eigenvalue weighted by atomic mass is 9.95. The van der Waals surface area contributed by atoms with Gasteiger partial charge in [0.15, 0.2) is 5.69 Å². The van der Waals surface area contributed by atoms with Crippen molar-refractivity contribution in [3.63, 3.8) is 0 Å². The third-order valence-corrected chi connectivity index (χ3v) is 9.22. The molecule has 0 amide bonds. The zero-order valence-electron chi connectivity index (χ0n) is 22.8. The molecule has 2 N–H and O–H groups in total. The van der Waals surface area contributed by atoms with Gasteiger partial charge in [0.25, 0.3) is 0 Å². The van der Waals surface area contributed by atoms with Gasteiger partial charge in [-0.25, -0.2) is 36.6 Å². The molecular weight excluding hydrogens is 597 g/mol. The standard InChI is InChI=1S/C31H25F3N4O3S2/c1-35-43(41)28-10-7-18(12-25(28)34)11-23-27(13-17-5-6-17)38(31-36-26(16-42-31)30(39)40)37-29(23)20-8-9-24(33)22(15-20)19-3-2-4-21(32)14-19/h2-4,7-10,12,14-17,35H,5-6,11,13H2,1H3,(H,39,40). The molecule has 1 saturated carbocycles. The van der Waals surface area contributed by atoms with E-state index in [1.165, 1.54) is 48.8 Å². The predicted octanol–water partition coefficient (Wildman–Crippen LogP) is 6.56. The van der Waals surface area contributed by atoms with Crippen molar-refractivity contribution in [2.75, 3.05) is 7.05 Å². The number of carboxylic acids is 1. The van der Waals surface area contributed by atoms with E-state index in [2.05, 4.69) is 9.71 Å². The average Bonchev–Trinajstić information content (AvgIpc) is 3.55. The molecule has 1 fully saturated rings. The van der Waals surface area contributed by atoms with Gasteiger partial charge in [-0.1, -0.05) is 18.2 Å². The highest BCUT2D eigenvalue weighted by Gasteiger charge is 2.30. The molecule has 3 aromatic carbocycles. The summed E-state index contributed by atoms with van der Waals surface area (Å²) in [5.74, 6) is -2.42. The highest BCUT2D eigenvalue weighted by atomic mass is 32.2. The van der Waals surface area contributed by atoms with Gasteiger partial charge < -0.3 is 5.11 Å². The molecule has 0 aliphatic heterocycles. The van der Waals surface area contributed by atoms with Gasteiger partial charge in [0.1, 0.15) is 28.4 Å². The Balaban J connectivity index is 1.53. The Labute approximate surface area is 251 Å². The summed E-state index contributed by atoms with van der Waals surface area (Å²) in [6, 6.07) is 14.6. The molecule has 1 unspecified atom stereocenters. The number of carboxylic acid groups (broad SMARTS) is 1. The molecule has 0 spiro atoms. The molecule has 220 valence electrons. The Morgan fingerprint density at radius 1 is 1.07 bits per heavy atom. The number of aromatic nitrogens is 3. The lowest BCUT2D eigenvalue weighted by Crippen LogP contribution is -2.12. The van der Waals surface area contributed by atoms with Gasteiger partial charge in [-0.3, -0.25) is 0 Å². The van der Waals surface area contributed by atoms with Crippen molar-refractivity contribution in [2.45, 2.75) is 30.6 Å². The maximum Gasteiger partial charge on any atom is 0.355 e. The fourth-order valence-electron chi connectivity index (χ4n) is 4.99. The monoisotopic (exact) mass is 622 g/mol. The Morgan fingerprint density at radius 3 is 2.56 bits per heavy atom. The molecule has 1 atom stereocenters. The summed E-state index contributed by atoms with van der Waals surface area (Å²) in [6.07, 6.45) is 2.92. The van der Waals surface area contributed by atoms with E-state index in [0.29, 0.717) is 39.9 Å². The summed E-state index contributed by atoms with van der Waals surface area (Å²) >= 11 is 1.14. The van der Waals surface area contributed by atoms with Crippen LogP contribution in [0.25, 0.3) is 27.5 Å². The van der Waals surface area contributed by atoms with Crippen LogP contribution in [0.5, 0.6) is 0 Å². The van der Waals surface area contributed by atoms with Gasteiger partial charge in [0, 0.05) is 28.5 Å². The molecule has 0 saturated heterocycles. The van der Waals surface area contributed by atoms with Crippen molar-refractivity contribution in [3.05, 3.63) is 106 Å². The van der Waals surface area contributed by atoms with Crippen LogP contribution in [0.4, 0.5) is 13.2 Å². The second-order valence-electron chi connectivity index (χ2n) is 10.3. The van der Waals surface area contributed by atoms with Gasteiger partial charge in [0.2, 0.25) is 5.13 Å². The van der Waals surface area contributed by atoms with Crippen LogP contribution in [0.3, 0.4) is 0 Å². The fourth-order valence-corrected chi connectivity index (χ4v) is 6.41. The number of hydrogen-bond acceptors (Lipinski definition) is 5. The maximum absolute atomic E-state index is 15.1. The number of benzene rings is 3. The van der Waals surface area contributed by atoms with Gasteiger partial charge in [-0.2, -0.15) is 5.10 Å². The third-order valence-electron chi connectivity index (χ3n) is 7.30. The highest BCUT2D eigenvalue weighted by molar-refractivity contribution is 7.83. The summed E-state index contributed by atoms with van der Waals surface area (Å²) < 4.78 is 60.4. The van der Waals surface area contributed by atoms with E-state index < -0.39 is 34.4 Å². The largest absolute Gasteiger partial charge is 0.476 e. The minimum Gasteiger partial charge on any atom is -0.476 e. The SMILES string of the molecule is CNS(=O)c1ccc(Cc2c(-c3ccc(F)c(-c4cccc(F)c4)c3)nn(-c3nc(C(=O)O)cs3)c2CC2CC2)cc1F. The molecule has 5 aromatic rings. The first-order valence-corrected chi connectivity index (χ1v) is 15.5. The minimum absolute atomic E-state index is 0.0302. The Kier molecular flexibility index (Phi) is 7.99. The minimum atomic E-state index is -1.70. The Morgan fingerprint density at radius 2 is 1.88 bits per heavy atom. The van der Waals surface area contributed by atoms with E-state index in [1.54, 1.807) is 28.9 Å². The number of thiazole rings is 1. The molecule has 2 aromatic heterocycles. The fraction of sp³-hybridized carbons (Fsp3) is 0.194. The van der Waals surface area contributed by atoms with E-state index in [0.717, 1.165) is 35.4 Å². The molecular formula is C31H25F3N4O3S2. The normalized spacial score (nSPS) is 13.8. The molecule has 0 bridgehead atoms. The molecule has 2 heterocycles. The number of nitrogens with zero attached hydrogens (tertiary/aromatic N) is 3. The number of aromatic carboxylic acids is 1. The third kappa shape index (κ3) is 6.03. The molecule has 43 heavy (non-hydrogen) atoms. The highest BCUT2D eigenvalue weighted by Crippen LogP contribution is 2.39. The number of nitrogens with one attached hydrogen (secondary N) is 1. The summed E-state index contributed by atoms with van der Waals surface area (Å²) in [5.41, 5.74) is 3.62. The van der Waals surface area contributed by atoms with Crippen LogP contribution < -0.4 is 4.72 Å². The van der Waals surface area contributed by atoms with E-state index >= 15 is 8.78 Å². The van der Waals surface area contributed by atoms with Crippen molar-refractivity contribution >= 4 is 28.3 Å². The van der Waals surface area contributed by atoms with Gasteiger partial charge in [-0.15, -0.1) is 11.3 Å². The van der Waals surface area contributed by atoms with Gasteiger partial charge in [-0.05, 0) is 85.8 Å². The van der Waals surface area contributed by atoms with Gasteiger partial charge >= 0.3 is 5.97 Å². The summed E-state index contributed by atoms with van der Waals surface area (Å²) in [4.78, 5) is 15.9. The predicted molar refractivity (Wildman–Crippen MR) is 158 cm³/mol. The van der Waals surface area contributed by atoms with Crippen molar-refractivity contribution in [2.24, 2.45) is 5.92 Å². The van der Waals surface area contributed by atoms with Crippen LogP contribution in [0.15, 0.2) is 70.9 Å². The van der Waals surface area contributed by atoms with Crippen molar-refractivity contribution < 1.29 is 27.3 Å². The van der Waals surface area contributed by atoms with Crippen molar-refractivity contribution in [3.8, 4) is 27.5 Å². The first-order chi connectivity index (χ1) is 20.7. The zero-order valence-corrected chi connectivity index (χ0v) is 24.4. The summed E-state index contributed by atoms with van der Waals surface area (Å²) in [6.45, 7) is 0. The van der Waals surface area contributed by atoms with Crippen LogP contribution in [0.2, 0.25) is 0 Å². The number of halogens is 3. The molecule has 7 nitrogen and oxygen atoms in total. The quantitative estimate of drug-likeness (QED) is 0.184. The van der Waals surface area contributed by atoms with Gasteiger partial charge in [0.05, 0.1) is 16.3 Å². The lowest BCUT2D eigenvalue weighted by molar-refractivity contribution is 0.0691. The van der Waals surface area contributed by atoms with E-state index in [9.17, 15) is 18.5 Å². The van der Waals surface area contributed by atoms with Crippen molar-refractivity contribution in [1.82, 2.24) is 19.5 Å². The maximum atomic E-state index is 15.1. The first-order valence-electron chi connectivity index (χ1n) is 13.4. The van der Waals surface area contributed by atoms with Crippen LogP contribution in [-0.2, 0) is 23.8 Å². The second-order valence-corrected chi connectivity index (χ2v) is 12.5. The lowest BCUT2D eigenvalue weighted by Gasteiger charge is -2.11. The average molecular weight is 623 g/mol.